The molecule has 3 rings (SSSR count). The number of hydrogen-bond acceptors (Lipinski definition) is 0. The summed E-state index contributed by atoms with van der Waals surface area (Å²) in [5.74, 6) is 0.806. The maximum Gasteiger partial charge on any atom is 0.0131 e. The number of hydrogen-bond donors (Lipinski definition) is 0. The zero-order valence-corrected chi connectivity index (χ0v) is 16.4. The highest BCUT2D eigenvalue weighted by molar-refractivity contribution is 5.71. The molecule has 2 aliphatic rings. The fourth-order valence-electron chi connectivity index (χ4n) is 4.40. The quantitative estimate of drug-likeness (QED) is 0.300. The van der Waals surface area contributed by atoms with E-state index in [1.807, 2.05) is 0 Å². The Hall–Kier alpha value is -1.04. The van der Waals surface area contributed by atoms with Gasteiger partial charge in [-0.1, -0.05) is 115 Å². The van der Waals surface area contributed by atoms with Crippen LogP contribution in [0.5, 0.6) is 0 Å². The van der Waals surface area contributed by atoms with Crippen molar-refractivity contribution in [1.82, 2.24) is 0 Å². The van der Waals surface area contributed by atoms with Crippen molar-refractivity contribution < 1.29 is 0 Å². The molecule has 0 N–H and O–H groups in total. The molecule has 0 heteroatoms. The molecular formula is C25H37. The van der Waals surface area contributed by atoms with Gasteiger partial charge in [-0.2, -0.15) is 0 Å². The summed E-state index contributed by atoms with van der Waals surface area (Å²) in [5.41, 5.74) is 6.15. The predicted octanol–water partition coefficient (Wildman–Crippen LogP) is 8.19. The summed E-state index contributed by atoms with van der Waals surface area (Å²) in [5, 5.41) is 0. The first kappa shape index (κ1) is 18.7. The molecule has 1 atom stereocenters. The molecule has 0 bridgehead atoms. The Kier molecular flexibility index (Phi) is 7.64. The molecule has 25 heavy (non-hydrogen) atoms. The van der Waals surface area contributed by atoms with Crippen molar-refractivity contribution in [2.24, 2.45) is 0 Å². The fourth-order valence-corrected chi connectivity index (χ4v) is 4.40. The Morgan fingerprint density at radius 3 is 1.76 bits per heavy atom. The van der Waals surface area contributed by atoms with Crippen molar-refractivity contribution in [3.63, 3.8) is 0 Å². The zero-order chi connectivity index (χ0) is 17.3. The number of allylic oxidation sites excluding steroid dienone is 1. The second kappa shape index (κ2) is 10.2. The second-order valence-corrected chi connectivity index (χ2v) is 8.22. The Morgan fingerprint density at radius 2 is 1.16 bits per heavy atom. The third kappa shape index (κ3) is 5.73. The average Bonchev–Trinajstić information content (AvgIpc) is 3.08. The summed E-state index contributed by atoms with van der Waals surface area (Å²) in [6, 6.07) is 4.86. The molecule has 0 aliphatic heterocycles. The van der Waals surface area contributed by atoms with Crippen LogP contribution in [-0.2, 0) is 0 Å². The highest BCUT2D eigenvalue weighted by Crippen LogP contribution is 2.49. The molecule has 0 aromatic heterocycles. The van der Waals surface area contributed by atoms with E-state index in [9.17, 15) is 0 Å². The highest BCUT2D eigenvalue weighted by Gasteiger charge is 2.33. The van der Waals surface area contributed by atoms with Crippen molar-refractivity contribution in [2.75, 3.05) is 0 Å². The molecule has 0 heterocycles. The molecule has 2 aliphatic carbocycles. The Morgan fingerprint density at radius 1 is 0.640 bits per heavy atom. The largest absolute Gasteiger partial charge is 0.0755 e. The van der Waals surface area contributed by atoms with E-state index in [2.05, 4.69) is 37.6 Å². The summed E-state index contributed by atoms with van der Waals surface area (Å²) in [6.45, 7) is 2.30. The van der Waals surface area contributed by atoms with Crippen LogP contribution < -0.4 is 0 Å². The summed E-state index contributed by atoms with van der Waals surface area (Å²) < 4.78 is 0. The SMILES string of the molecule is CCCCCCCCCCCCCCCC1c2cc3c(cc21)C=C[CH]3. The van der Waals surface area contributed by atoms with Crippen molar-refractivity contribution in [2.45, 2.75) is 103 Å². The first-order chi connectivity index (χ1) is 12.4. The normalized spacial score (nSPS) is 16.9. The minimum Gasteiger partial charge on any atom is -0.0755 e. The van der Waals surface area contributed by atoms with Gasteiger partial charge in [-0.15, -0.1) is 0 Å². The molecule has 0 saturated carbocycles. The number of rotatable bonds is 14. The van der Waals surface area contributed by atoms with Crippen LogP contribution in [0.15, 0.2) is 18.2 Å². The molecule has 1 radical (unpaired) electrons. The van der Waals surface area contributed by atoms with Gasteiger partial charge in [-0.05, 0) is 28.7 Å². The van der Waals surface area contributed by atoms with Crippen LogP contribution in [0, 0.1) is 6.42 Å². The maximum atomic E-state index is 2.43. The van der Waals surface area contributed by atoms with Crippen LogP contribution in [0.3, 0.4) is 0 Å². The van der Waals surface area contributed by atoms with E-state index >= 15 is 0 Å². The summed E-state index contributed by atoms with van der Waals surface area (Å²) >= 11 is 0. The molecule has 0 saturated heterocycles. The van der Waals surface area contributed by atoms with Gasteiger partial charge < -0.3 is 0 Å². The standard InChI is InChI=1S/C25H37/c1-2-3-4-5-6-7-8-9-10-11-12-13-14-18-23-24-19-21-16-15-17-22(21)20-25(23)24/h15-17,19-20,23H,2-14,18H2,1H3. The van der Waals surface area contributed by atoms with E-state index in [1.165, 1.54) is 101 Å². The first-order valence-electron chi connectivity index (χ1n) is 11.1. The Bertz CT molecular complexity index is 551. The van der Waals surface area contributed by atoms with E-state index in [1.54, 1.807) is 11.1 Å². The Balaban J connectivity index is 1.12. The van der Waals surface area contributed by atoms with Crippen molar-refractivity contribution in [3.05, 3.63) is 46.9 Å². The predicted molar refractivity (Wildman–Crippen MR) is 111 cm³/mol. The van der Waals surface area contributed by atoms with Crippen LogP contribution in [0.2, 0.25) is 0 Å². The van der Waals surface area contributed by atoms with E-state index in [-0.39, 0.29) is 0 Å². The van der Waals surface area contributed by atoms with Gasteiger partial charge in [0.15, 0.2) is 0 Å². The molecule has 0 spiro atoms. The molecule has 1 unspecified atom stereocenters. The van der Waals surface area contributed by atoms with Gasteiger partial charge in [0.2, 0.25) is 0 Å². The van der Waals surface area contributed by atoms with Crippen molar-refractivity contribution in [3.8, 4) is 0 Å². The maximum absolute atomic E-state index is 2.43. The molecule has 0 nitrogen and oxygen atoms in total. The minimum atomic E-state index is 0.806. The molecule has 0 fully saturated rings. The van der Waals surface area contributed by atoms with E-state index in [0.29, 0.717) is 0 Å². The lowest BCUT2D eigenvalue weighted by atomic mass is 10.0. The van der Waals surface area contributed by atoms with Crippen LogP contribution in [0.25, 0.3) is 6.08 Å². The lowest BCUT2D eigenvalue weighted by Crippen LogP contribution is -1.83. The van der Waals surface area contributed by atoms with Crippen molar-refractivity contribution >= 4 is 6.08 Å². The average molecular weight is 338 g/mol. The third-order valence-electron chi connectivity index (χ3n) is 6.10. The van der Waals surface area contributed by atoms with Crippen LogP contribution >= 0.6 is 0 Å². The number of benzene rings is 1. The van der Waals surface area contributed by atoms with Gasteiger partial charge in [0.25, 0.3) is 0 Å². The highest BCUT2D eigenvalue weighted by atomic mass is 14.4. The summed E-state index contributed by atoms with van der Waals surface area (Å²) in [7, 11) is 0. The van der Waals surface area contributed by atoms with E-state index in [4.69, 9.17) is 0 Å². The van der Waals surface area contributed by atoms with E-state index < -0.39 is 0 Å². The lowest BCUT2D eigenvalue weighted by Gasteiger charge is -2.03. The molecule has 137 valence electrons. The molecule has 0 amide bonds. The monoisotopic (exact) mass is 337 g/mol. The van der Waals surface area contributed by atoms with Crippen LogP contribution in [-0.4, -0.2) is 0 Å². The third-order valence-corrected chi connectivity index (χ3v) is 6.10. The molecular weight excluding hydrogens is 300 g/mol. The molecule has 1 aromatic rings. The Labute approximate surface area is 156 Å². The van der Waals surface area contributed by atoms with Gasteiger partial charge in [0, 0.05) is 12.3 Å². The topological polar surface area (TPSA) is 0 Å². The van der Waals surface area contributed by atoms with E-state index in [0.717, 1.165) is 5.92 Å². The van der Waals surface area contributed by atoms with Crippen LogP contribution in [0.4, 0.5) is 0 Å². The number of unbranched alkanes of at least 4 members (excludes halogenated alkanes) is 12. The van der Waals surface area contributed by atoms with Gasteiger partial charge in [0.1, 0.15) is 0 Å². The first-order valence-corrected chi connectivity index (χ1v) is 11.1. The number of fused-ring (bicyclic) bond motifs is 2. The second-order valence-electron chi connectivity index (χ2n) is 8.22. The molecule has 1 aromatic carbocycles. The minimum absolute atomic E-state index is 0.806. The van der Waals surface area contributed by atoms with Gasteiger partial charge >= 0.3 is 0 Å². The zero-order valence-electron chi connectivity index (χ0n) is 16.4. The summed E-state index contributed by atoms with van der Waals surface area (Å²) in [6.07, 6.45) is 26.9. The van der Waals surface area contributed by atoms with Gasteiger partial charge in [-0.3, -0.25) is 0 Å². The van der Waals surface area contributed by atoms with Gasteiger partial charge in [0.05, 0.1) is 0 Å². The lowest BCUT2D eigenvalue weighted by molar-refractivity contribution is 0.535. The smallest absolute Gasteiger partial charge is 0.0131 e. The fraction of sp³-hybridized carbons (Fsp3) is 0.640. The van der Waals surface area contributed by atoms with Gasteiger partial charge in [-0.25, -0.2) is 0 Å². The van der Waals surface area contributed by atoms with Crippen molar-refractivity contribution in [1.29, 1.82) is 0 Å². The summed E-state index contributed by atoms with van der Waals surface area (Å²) in [4.78, 5) is 0. The van der Waals surface area contributed by atoms with Crippen LogP contribution in [0.1, 0.15) is 125 Å².